The van der Waals surface area contributed by atoms with E-state index in [4.69, 9.17) is 16.3 Å². The van der Waals surface area contributed by atoms with Crippen LogP contribution in [0.2, 0.25) is 5.02 Å². The van der Waals surface area contributed by atoms with Gasteiger partial charge in [-0.05, 0) is 74.7 Å². The Bertz CT molecular complexity index is 1420. The van der Waals surface area contributed by atoms with Crippen LogP contribution < -0.4 is 14.4 Å². The Labute approximate surface area is 241 Å². The van der Waals surface area contributed by atoms with Gasteiger partial charge in [0.1, 0.15) is 18.3 Å². The molecule has 0 bridgehead atoms. The number of ether oxygens (including phenoxy) is 1. The predicted octanol–water partition coefficient (Wildman–Crippen LogP) is 5.18. The standard InChI is InChI=1S/C30H36ClN3O5S/c1-6-22(3)32-30(36)23(4)33(19-24-13-16-26(39-5)17-14-24)29(35)20-34(28-18-25(31)15-12-21(28)2)40(37,38)27-10-8-7-9-11-27/h7-18,22-23H,6,19-20H2,1-5H3,(H,32,36). The fourth-order valence-corrected chi connectivity index (χ4v) is 5.72. The molecule has 0 spiro atoms. The third-order valence-electron chi connectivity index (χ3n) is 6.73. The highest BCUT2D eigenvalue weighted by molar-refractivity contribution is 7.92. The van der Waals surface area contributed by atoms with E-state index in [1.54, 1.807) is 75.6 Å². The van der Waals surface area contributed by atoms with Crippen molar-refractivity contribution in [1.82, 2.24) is 10.2 Å². The number of amides is 2. The van der Waals surface area contributed by atoms with Gasteiger partial charge in [0, 0.05) is 17.6 Å². The summed E-state index contributed by atoms with van der Waals surface area (Å²) in [6.45, 7) is 6.79. The highest BCUT2D eigenvalue weighted by Gasteiger charge is 2.33. The first-order chi connectivity index (χ1) is 19.0. The molecule has 0 saturated heterocycles. The van der Waals surface area contributed by atoms with Gasteiger partial charge in [-0.2, -0.15) is 0 Å². The van der Waals surface area contributed by atoms with Crippen LogP contribution >= 0.6 is 11.6 Å². The molecule has 0 aliphatic heterocycles. The van der Waals surface area contributed by atoms with Crippen LogP contribution in [0.1, 0.15) is 38.3 Å². The van der Waals surface area contributed by atoms with Gasteiger partial charge in [-0.3, -0.25) is 13.9 Å². The molecule has 2 atom stereocenters. The molecule has 0 heterocycles. The van der Waals surface area contributed by atoms with Crippen LogP contribution in [0, 0.1) is 6.92 Å². The summed E-state index contributed by atoms with van der Waals surface area (Å²) in [7, 11) is -2.60. The number of anilines is 1. The monoisotopic (exact) mass is 585 g/mol. The van der Waals surface area contributed by atoms with Crippen molar-refractivity contribution in [3.8, 4) is 5.75 Å². The van der Waals surface area contributed by atoms with Gasteiger partial charge in [0.2, 0.25) is 11.8 Å². The molecule has 3 aromatic rings. The molecule has 214 valence electrons. The molecule has 0 saturated carbocycles. The molecular formula is C30H36ClN3O5S. The van der Waals surface area contributed by atoms with E-state index in [0.29, 0.717) is 16.3 Å². The first-order valence-corrected chi connectivity index (χ1v) is 14.9. The number of rotatable bonds is 12. The highest BCUT2D eigenvalue weighted by atomic mass is 35.5. The molecule has 8 nitrogen and oxygen atoms in total. The van der Waals surface area contributed by atoms with Crippen LogP contribution in [0.4, 0.5) is 5.69 Å². The smallest absolute Gasteiger partial charge is 0.264 e. The Morgan fingerprint density at radius 1 is 1.00 bits per heavy atom. The number of nitrogens with zero attached hydrogens (tertiary/aromatic N) is 2. The molecule has 40 heavy (non-hydrogen) atoms. The van der Waals surface area contributed by atoms with E-state index in [0.717, 1.165) is 16.3 Å². The van der Waals surface area contributed by atoms with E-state index in [9.17, 15) is 18.0 Å². The van der Waals surface area contributed by atoms with Crippen LogP contribution in [-0.2, 0) is 26.2 Å². The molecule has 2 amide bonds. The van der Waals surface area contributed by atoms with Crippen LogP contribution in [0.25, 0.3) is 0 Å². The quantitative estimate of drug-likeness (QED) is 0.316. The lowest BCUT2D eigenvalue weighted by Gasteiger charge is -2.33. The van der Waals surface area contributed by atoms with Crippen LogP contribution in [-0.4, -0.2) is 50.9 Å². The molecule has 3 aromatic carbocycles. The first kappa shape index (κ1) is 31.0. The van der Waals surface area contributed by atoms with Crippen molar-refractivity contribution in [2.24, 2.45) is 0 Å². The average Bonchev–Trinajstić information content (AvgIpc) is 2.96. The molecule has 10 heteroatoms. The Hall–Kier alpha value is -3.56. The van der Waals surface area contributed by atoms with Gasteiger partial charge in [0.05, 0.1) is 17.7 Å². The van der Waals surface area contributed by atoms with E-state index in [1.165, 1.54) is 23.1 Å². The van der Waals surface area contributed by atoms with Gasteiger partial charge in [-0.1, -0.05) is 54.9 Å². The van der Waals surface area contributed by atoms with Gasteiger partial charge in [0.25, 0.3) is 10.0 Å². The number of carbonyl (C=O) groups is 2. The van der Waals surface area contributed by atoms with Gasteiger partial charge >= 0.3 is 0 Å². The van der Waals surface area contributed by atoms with Crippen molar-refractivity contribution in [2.45, 2.75) is 57.6 Å². The van der Waals surface area contributed by atoms with Gasteiger partial charge in [-0.25, -0.2) is 8.42 Å². The Kier molecular flexibility index (Phi) is 10.6. The number of methoxy groups -OCH3 is 1. The summed E-state index contributed by atoms with van der Waals surface area (Å²) in [6, 6.07) is 19.0. The zero-order valence-corrected chi connectivity index (χ0v) is 25.0. The first-order valence-electron chi connectivity index (χ1n) is 13.0. The Morgan fingerprint density at radius 3 is 2.25 bits per heavy atom. The SMILES string of the molecule is CCC(C)NC(=O)C(C)N(Cc1ccc(OC)cc1)C(=O)CN(c1cc(Cl)ccc1C)S(=O)(=O)c1ccccc1. The van der Waals surface area contributed by atoms with Gasteiger partial charge in [-0.15, -0.1) is 0 Å². The summed E-state index contributed by atoms with van der Waals surface area (Å²) in [5.74, 6) is -0.213. The third-order valence-corrected chi connectivity index (χ3v) is 8.74. The minimum Gasteiger partial charge on any atom is -0.497 e. The summed E-state index contributed by atoms with van der Waals surface area (Å²) in [5.41, 5.74) is 1.67. The van der Waals surface area contributed by atoms with E-state index in [2.05, 4.69) is 5.32 Å². The van der Waals surface area contributed by atoms with Crippen molar-refractivity contribution in [2.75, 3.05) is 18.0 Å². The molecular weight excluding hydrogens is 550 g/mol. The zero-order chi connectivity index (χ0) is 29.4. The van der Waals surface area contributed by atoms with Gasteiger partial charge in [0.15, 0.2) is 0 Å². The summed E-state index contributed by atoms with van der Waals surface area (Å²) < 4.78 is 34.1. The van der Waals surface area contributed by atoms with Crippen molar-refractivity contribution < 1.29 is 22.7 Å². The Morgan fingerprint density at radius 2 is 1.65 bits per heavy atom. The molecule has 0 fully saturated rings. The number of hydrogen-bond acceptors (Lipinski definition) is 5. The normalized spacial score (nSPS) is 12.8. The number of aryl methyl sites for hydroxylation is 1. The predicted molar refractivity (Wildman–Crippen MR) is 158 cm³/mol. The molecule has 0 aliphatic carbocycles. The summed E-state index contributed by atoms with van der Waals surface area (Å²) >= 11 is 6.26. The average molecular weight is 586 g/mol. The van der Waals surface area contributed by atoms with Crippen LogP contribution in [0.15, 0.2) is 77.7 Å². The highest BCUT2D eigenvalue weighted by Crippen LogP contribution is 2.30. The van der Waals surface area contributed by atoms with Crippen molar-refractivity contribution in [1.29, 1.82) is 0 Å². The van der Waals surface area contributed by atoms with Gasteiger partial charge < -0.3 is 15.0 Å². The van der Waals surface area contributed by atoms with E-state index < -0.39 is 28.5 Å². The summed E-state index contributed by atoms with van der Waals surface area (Å²) in [4.78, 5) is 28.6. The maximum Gasteiger partial charge on any atom is 0.264 e. The maximum absolute atomic E-state index is 14.0. The maximum atomic E-state index is 14.0. The fraction of sp³-hybridized carbons (Fsp3) is 0.333. The number of nitrogens with one attached hydrogen (secondary N) is 1. The minimum atomic E-state index is -4.16. The second-order valence-corrected chi connectivity index (χ2v) is 11.9. The summed E-state index contributed by atoms with van der Waals surface area (Å²) in [5, 5.41) is 3.26. The number of halogens is 1. The van der Waals surface area contributed by atoms with E-state index >= 15 is 0 Å². The number of carbonyl (C=O) groups excluding carboxylic acids is 2. The van der Waals surface area contributed by atoms with E-state index in [-0.39, 0.29) is 29.1 Å². The molecule has 3 rings (SSSR count). The third kappa shape index (κ3) is 7.55. The van der Waals surface area contributed by atoms with Crippen LogP contribution in [0.5, 0.6) is 5.75 Å². The lowest BCUT2D eigenvalue weighted by atomic mass is 10.1. The summed E-state index contributed by atoms with van der Waals surface area (Å²) in [6.07, 6.45) is 0.724. The molecule has 2 unspecified atom stereocenters. The number of sulfonamides is 1. The Balaban J connectivity index is 2.05. The molecule has 1 N–H and O–H groups in total. The second kappa shape index (κ2) is 13.7. The van der Waals surface area contributed by atoms with Crippen LogP contribution in [0.3, 0.4) is 0 Å². The van der Waals surface area contributed by atoms with Crippen molar-refractivity contribution in [3.05, 3.63) is 88.9 Å². The lowest BCUT2D eigenvalue weighted by molar-refractivity contribution is -0.139. The van der Waals surface area contributed by atoms with E-state index in [1.807, 2.05) is 13.8 Å². The largest absolute Gasteiger partial charge is 0.497 e. The van der Waals surface area contributed by atoms with Crippen molar-refractivity contribution >= 4 is 39.1 Å². The number of benzene rings is 3. The second-order valence-electron chi connectivity index (χ2n) is 9.62. The molecule has 0 aliphatic rings. The lowest BCUT2D eigenvalue weighted by Crippen LogP contribution is -2.52. The molecule has 0 radical (unpaired) electrons. The minimum absolute atomic E-state index is 0.0337. The molecule has 0 aromatic heterocycles. The zero-order valence-electron chi connectivity index (χ0n) is 23.4. The number of hydrogen-bond donors (Lipinski definition) is 1. The van der Waals surface area contributed by atoms with Crippen molar-refractivity contribution in [3.63, 3.8) is 0 Å². The fourth-order valence-electron chi connectivity index (χ4n) is 4.06. The topological polar surface area (TPSA) is 96.0 Å².